The Kier molecular flexibility index (Phi) is 3.91. The zero-order chi connectivity index (χ0) is 20.1. The van der Waals surface area contributed by atoms with Gasteiger partial charge in [0.15, 0.2) is 5.65 Å². The second kappa shape index (κ2) is 6.19. The lowest BCUT2D eigenvalue weighted by Gasteiger charge is -2.14. The Morgan fingerprint density at radius 2 is 1.75 bits per heavy atom. The topological polar surface area (TPSA) is 102 Å². The van der Waals surface area contributed by atoms with Gasteiger partial charge in [0.05, 0.1) is 11.3 Å². The van der Waals surface area contributed by atoms with Crippen molar-refractivity contribution in [2.45, 2.75) is 13.1 Å². The van der Waals surface area contributed by atoms with Crippen molar-refractivity contribution in [1.29, 1.82) is 0 Å². The Labute approximate surface area is 156 Å². The minimum absolute atomic E-state index is 0.0288. The molecule has 0 aliphatic rings. The molecule has 0 saturated carbocycles. The molecule has 7 nitrogen and oxygen atoms in total. The standard InChI is InChI=1S/C18H13F3N6O/c1-9-6-11(7-13(25-9)18(19,20)21)14-15(10-2-4-12(28)5-3-10)26-17(22)27-16(14)23-8-24-27/h2-8,28H,1H3,(H2,22,26). The fourth-order valence-electron chi connectivity index (χ4n) is 2.96. The van der Waals surface area contributed by atoms with Crippen LogP contribution in [0.2, 0.25) is 0 Å². The van der Waals surface area contributed by atoms with E-state index >= 15 is 0 Å². The molecule has 3 aromatic heterocycles. The van der Waals surface area contributed by atoms with E-state index in [1.807, 2.05) is 0 Å². The van der Waals surface area contributed by atoms with Crippen LogP contribution in [0.4, 0.5) is 19.1 Å². The molecule has 0 aliphatic carbocycles. The first-order chi connectivity index (χ1) is 13.2. The largest absolute Gasteiger partial charge is 0.508 e. The van der Waals surface area contributed by atoms with Gasteiger partial charge in [0.25, 0.3) is 0 Å². The molecule has 0 fully saturated rings. The van der Waals surface area contributed by atoms with Crippen molar-refractivity contribution in [3.8, 4) is 28.1 Å². The van der Waals surface area contributed by atoms with Crippen LogP contribution in [-0.4, -0.2) is 29.7 Å². The van der Waals surface area contributed by atoms with Crippen molar-refractivity contribution in [2.75, 3.05) is 5.73 Å². The van der Waals surface area contributed by atoms with E-state index in [9.17, 15) is 18.3 Å². The zero-order valence-electron chi connectivity index (χ0n) is 14.4. The molecule has 4 aromatic rings. The van der Waals surface area contributed by atoms with Crippen molar-refractivity contribution in [1.82, 2.24) is 24.6 Å². The van der Waals surface area contributed by atoms with Gasteiger partial charge in [-0.15, -0.1) is 0 Å². The summed E-state index contributed by atoms with van der Waals surface area (Å²) in [4.78, 5) is 12.1. The lowest BCUT2D eigenvalue weighted by Crippen LogP contribution is -2.10. The van der Waals surface area contributed by atoms with Gasteiger partial charge in [0.2, 0.25) is 5.95 Å². The number of hydrogen-bond acceptors (Lipinski definition) is 6. The number of hydrogen-bond donors (Lipinski definition) is 2. The molecule has 1 aromatic carbocycles. The monoisotopic (exact) mass is 386 g/mol. The van der Waals surface area contributed by atoms with E-state index in [0.717, 1.165) is 6.07 Å². The molecule has 0 atom stereocenters. The number of aromatic hydroxyl groups is 1. The summed E-state index contributed by atoms with van der Waals surface area (Å²) in [5.74, 6) is 0.0714. The van der Waals surface area contributed by atoms with E-state index < -0.39 is 11.9 Å². The Balaban J connectivity index is 2.07. The van der Waals surface area contributed by atoms with Gasteiger partial charge in [-0.3, -0.25) is 0 Å². The fraction of sp³-hybridized carbons (Fsp3) is 0.111. The number of fused-ring (bicyclic) bond motifs is 1. The Bertz CT molecular complexity index is 1180. The second-order valence-corrected chi connectivity index (χ2v) is 6.12. The number of alkyl halides is 3. The lowest BCUT2D eigenvalue weighted by molar-refractivity contribution is -0.141. The second-order valence-electron chi connectivity index (χ2n) is 6.12. The average Bonchev–Trinajstić information content (AvgIpc) is 3.11. The lowest BCUT2D eigenvalue weighted by atomic mass is 9.99. The molecular weight excluding hydrogens is 373 g/mol. The van der Waals surface area contributed by atoms with Crippen molar-refractivity contribution >= 4 is 11.6 Å². The van der Waals surface area contributed by atoms with Gasteiger partial charge in [-0.05, 0) is 48.9 Å². The third-order valence-electron chi connectivity index (χ3n) is 4.12. The van der Waals surface area contributed by atoms with E-state index in [0.29, 0.717) is 16.8 Å². The summed E-state index contributed by atoms with van der Waals surface area (Å²) in [6.07, 6.45) is -3.36. The van der Waals surface area contributed by atoms with Gasteiger partial charge in [0.1, 0.15) is 17.8 Å². The van der Waals surface area contributed by atoms with Crippen LogP contribution in [0, 0.1) is 6.92 Å². The van der Waals surface area contributed by atoms with Gasteiger partial charge in [-0.1, -0.05) is 0 Å². The van der Waals surface area contributed by atoms with Crippen molar-refractivity contribution < 1.29 is 18.3 Å². The number of nitrogens with two attached hydrogens (primary N) is 1. The van der Waals surface area contributed by atoms with Crippen LogP contribution in [0.5, 0.6) is 5.75 Å². The molecule has 0 bridgehead atoms. The first-order valence-corrected chi connectivity index (χ1v) is 8.09. The zero-order valence-corrected chi connectivity index (χ0v) is 14.4. The maximum atomic E-state index is 13.3. The molecular formula is C18H13F3N6O. The summed E-state index contributed by atoms with van der Waals surface area (Å²) in [5.41, 5.74) is 6.80. The summed E-state index contributed by atoms with van der Waals surface area (Å²) in [5, 5.41) is 13.5. The number of phenolic OH excluding ortho intramolecular Hbond substituents is 1. The smallest absolute Gasteiger partial charge is 0.433 e. The van der Waals surface area contributed by atoms with Crippen LogP contribution in [0.15, 0.2) is 42.7 Å². The highest BCUT2D eigenvalue weighted by atomic mass is 19.4. The first-order valence-electron chi connectivity index (χ1n) is 8.09. The number of anilines is 1. The molecule has 28 heavy (non-hydrogen) atoms. The molecule has 0 radical (unpaired) electrons. The summed E-state index contributed by atoms with van der Waals surface area (Å²) < 4.78 is 41.1. The maximum absolute atomic E-state index is 13.3. The van der Waals surface area contributed by atoms with Crippen molar-refractivity contribution in [2.24, 2.45) is 0 Å². The van der Waals surface area contributed by atoms with E-state index in [2.05, 4.69) is 20.1 Å². The highest BCUT2D eigenvalue weighted by molar-refractivity contribution is 5.90. The van der Waals surface area contributed by atoms with Crippen LogP contribution in [0.1, 0.15) is 11.4 Å². The summed E-state index contributed by atoms with van der Waals surface area (Å²) in [7, 11) is 0. The minimum Gasteiger partial charge on any atom is -0.508 e. The number of benzene rings is 1. The van der Waals surface area contributed by atoms with Crippen LogP contribution in [-0.2, 0) is 6.18 Å². The van der Waals surface area contributed by atoms with Gasteiger partial charge in [-0.25, -0.2) is 15.0 Å². The van der Waals surface area contributed by atoms with Gasteiger partial charge < -0.3 is 10.8 Å². The average molecular weight is 386 g/mol. The fourth-order valence-corrected chi connectivity index (χ4v) is 2.96. The predicted octanol–water partition coefficient (Wildman–Crippen LogP) is 3.47. The number of rotatable bonds is 2. The van der Waals surface area contributed by atoms with Gasteiger partial charge in [-0.2, -0.15) is 22.8 Å². The van der Waals surface area contributed by atoms with Gasteiger partial charge in [0, 0.05) is 11.3 Å². The molecule has 142 valence electrons. The van der Waals surface area contributed by atoms with E-state index in [1.165, 1.54) is 36.0 Å². The minimum atomic E-state index is -4.61. The number of nitrogen functional groups attached to an aromatic ring is 1. The molecule has 10 heteroatoms. The van der Waals surface area contributed by atoms with Crippen LogP contribution >= 0.6 is 0 Å². The molecule has 0 spiro atoms. The molecule has 3 N–H and O–H groups in total. The normalized spacial score (nSPS) is 11.9. The van der Waals surface area contributed by atoms with E-state index in [1.54, 1.807) is 12.1 Å². The summed E-state index contributed by atoms with van der Waals surface area (Å²) in [6.45, 7) is 1.48. The van der Waals surface area contributed by atoms with Crippen molar-refractivity contribution in [3.63, 3.8) is 0 Å². The van der Waals surface area contributed by atoms with Crippen molar-refractivity contribution in [3.05, 3.63) is 54.1 Å². The Hall–Kier alpha value is -3.69. The third kappa shape index (κ3) is 2.98. The summed E-state index contributed by atoms with van der Waals surface area (Å²) >= 11 is 0. The third-order valence-corrected chi connectivity index (χ3v) is 4.12. The number of aromatic nitrogens is 5. The quantitative estimate of drug-likeness (QED) is 0.547. The van der Waals surface area contributed by atoms with Crippen LogP contribution in [0.25, 0.3) is 28.0 Å². The number of nitrogens with zero attached hydrogens (tertiary/aromatic N) is 5. The predicted molar refractivity (Wildman–Crippen MR) is 95.3 cm³/mol. The molecule has 0 amide bonds. The van der Waals surface area contributed by atoms with Gasteiger partial charge >= 0.3 is 6.18 Å². The van der Waals surface area contributed by atoms with Crippen LogP contribution in [0.3, 0.4) is 0 Å². The number of aryl methyl sites for hydroxylation is 1. The molecule has 0 aliphatic heterocycles. The molecule has 0 saturated heterocycles. The Morgan fingerprint density at radius 3 is 2.43 bits per heavy atom. The van der Waals surface area contributed by atoms with E-state index in [-0.39, 0.29) is 28.6 Å². The molecule has 4 rings (SSSR count). The van der Waals surface area contributed by atoms with Crippen LogP contribution < -0.4 is 5.73 Å². The highest BCUT2D eigenvalue weighted by Gasteiger charge is 2.33. The van der Waals surface area contributed by atoms with E-state index in [4.69, 9.17) is 5.73 Å². The number of halogens is 3. The highest BCUT2D eigenvalue weighted by Crippen LogP contribution is 2.37. The SMILES string of the molecule is Cc1cc(-c2c(-c3ccc(O)cc3)nc(N)n3ncnc23)cc(C(F)(F)F)n1. The molecule has 3 heterocycles. The Morgan fingerprint density at radius 1 is 1.04 bits per heavy atom. The first kappa shape index (κ1) is 17.7. The number of pyridine rings is 1. The maximum Gasteiger partial charge on any atom is 0.433 e. The number of phenols is 1. The molecule has 0 unspecified atom stereocenters. The summed E-state index contributed by atoms with van der Waals surface area (Å²) in [6, 6.07) is 8.53.